The van der Waals surface area contributed by atoms with E-state index in [1.807, 2.05) is 6.92 Å². The molecule has 1 aliphatic rings. The van der Waals surface area contributed by atoms with E-state index in [2.05, 4.69) is 5.32 Å². The molecule has 1 aromatic carbocycles. The van der Waals surface area contributed by atoms with Crippen LogP contribution in [0.15, 0.2) is 24.3 Å². The van der Waals surface area contributed by atoms with Gasteiger partial charge in [0.05, 0.1) is 11.4 Å². The third kappa shape index (κ3) is 4.82. The van der Waals surface area contributed by atoms with E-state index in [1.165, 1.54) is 0 Å². The smallest absolute Gasteiger partial charge is 0.224 e. The van der Waals surface area contributed by atoms with Crippen LogP contribution in [0.2, 0.25) is 0 Å². The summed E-state index contributed by atoms with van der Waals surface area (Å²) in [6.07, 6.45) is 1.89. The average Bonchev–Trinajstić information content (AvgIpc) is 2.85. The van der Waals surface area contributed by atoms with Crippen LogP contribution in [0.5, 0.6) is 0 Å². The van der Waals surface area contributed by atoms with Gasteiger partial charge in [-0.25, -0.2) is 0 Å². The van der Waals surface area contributed by atoms with Gasteiger partial charge in [0.15, 0.2) is 0 Å². The SMILES string of the molecule is CC1OCCC1S(=O)CCCC(=O)Nc1cccc(N)c1. The summed E-state index contributed by atoms with van der Waals surface area (Å²) in [6.45, 7) is 2.65. The summed E-state index contributed by atoms with van der Waals surface area (Å²) in [5.41, 5.74) is 6.96. The zero-order valence-electron chi connectivity index (χ0n) is 12.2. The number of carbonyl (C=O) groups excluding carboxylic acids is 1. The van der Waals surface area contributed by atoms with E-state index in [1.54, 1.807) is 24.3 Å². The first-order valence-corrected chi connectivity index (χ1v) is 8.58. The number of hydrogen-bond donors (Lipinski definition) is 2. The fourth-order valence-corrected chi connectivity index (χ4v) is 4.02. The minimum absolute atomic E-state index is 0.0620. The Bertz CT molecular complexity index is 521. The summed E-state index contributed by atoms with van der Waals surface area (Å²) in [6, 6.07) is 7.07. The molecule has 2 rings (SSSR count). The van der Waals surface area contributed by atoms with Crippen molar-refractivity contribution < 1.29 is 13.7 Å². The molecule has 3 unspecified atom stereocenters. The van der Waals surface area contributed by atoms with Gasteiger partial charge in [-0.15, -0.1) is 0 Å². The summed E-state index contributed by atoms with van der Waals surface area (Å²) in [5, 5.41) is 2.91. The van der Waals surface area contributed by atoms with Gasteiger partial charge in [-0.3, -0.25) is 9.00 Å². The molecule has 6 heteroatoms. The number of nitrogen functional groups attached to an aromatic ring is 1. The van der Waals surface area contributed by atoms with Crippen molar-refractivity contribution in [1.82, 2.24) is 0 Å². The van der Waals surface area contributed by atoms with E-state index in [-0.39, 0.29) is 17.3 Å². The Morgan fingerprint density at radius 1 is 1.52 bits per heavy atom. The highest BCUT2D eigenvalue weighted by atomic mass is 32.2. The van der Waals surface area contributed by atoms with Crippen molar-refractivity contribution in [3.8, 4) is 0 Å². The maximum absolute atomic E-state index is 12.1. The minimum atomic E-state index is -0.917. The molecule has 1 aliphatic heterocycles. The third-order valence-electron chi connectivity index (χ3n) is 3.56. The Morgan fingerprint density at radius 3 is 3.00 bits per heavy atom. The zero-order chi connectivity index (χ0) is 15.2. The van der Waals surface area contributed by atoms with E-state index in [9.17, 15) is 9.00 Å². The van der Waals surface area contributed by atoms with E-state index in [0.717, 1.165) is 6.42 Å². The lowest BCUT2D eigenvalue weighted by atomic mass is 10.2. The molecule has 1 fully saturated rings. The number of amides is 1. The molecule has 5 nitrogen and oxygen atoms in total. The number of benzene rings is 1. The molecular formula is C15H22N2O3S. The van der Waals surface area contributed by atoms with Crippen LogP contribution in [0.3, 0.4) is 0 Å². The van der Waals surface area contributed by atoms with Crippen LogP contribution in [0, 0.1) is 0 Å². The van der Waals surface area contributed by atoms with E-state index >= 15 is 0 Å². The summed E-state index contributed by atoms with van der Waals surface area (Å²) in [5.74, 6) is 0.469. The maximum Gasteiger partial charge on any atom is 0.224 e. The summed E-state index contributed by atoms with van der Waals surface area (Å²) in [7, 11) is -0.917. The van der Waals surface area contributed by atoms with Gasteiger partial charge in [0.25, 0.3) is 0 Å². The predicted molar refractivity (Wildman–Crippen MR) is 85.5 cm³/mol. The number of anilines is 2. The molecule has 0 bridgehead atoms. The van der Waals surface area contributed by atoms with Crippen LogP contribution < -0.4 is 11.1 Å². The number of carbonyl (C=O) groups is 1. The quantitative estimate of drug-likeness (QED) is 0.787. The summed E-state index contributed by atoms with van der Waals surface area (Å²) < 4.78 is 17.5. The van der Waals surface area contributed by atoms with Crippen molar-refractivity contribution in [1.29, 1.82) is 0 Å². The van der Waals surface area contributed by atoms with Gasteiger partial charge in [-0.2, -0.15) is 0 Å². The largest absolute Gasteiger partial charge is 0.399 e. The van der Waals surface area contributed by atoms with Crippen LogP contribution in [0.25, 0.3) is 0 Å². The summed E-state index contributed by atoms with van der Waals surface area (Å²) in [4.78, 5) is 11.8. The van der Waals surface area contributed by atoms with Gasteiger partial charge in [-0.1, -0.05) is 6.07 Å². The number of hydrogen-bond acceptors (Lipinski definition) is 4. The Morgan fingerprint density at radius 2 is 2.33 bits per heavy atom. The molecule has 3 atom stereocenters. The third-order valence-corrected chi connectivity index (χ3v) is 5.55. The lowest BCUT2D eigenvalue weighted by molar-refractivity contribution is -0.116. The standard InChI is InChI=1S/C15H22N2O3S/c1-11-14(7-8-20-11)21(19)9-3-6-15(18)17-13-5-2-4-12(16)10-13/h2,4-5,10-11,14H,3,6-9,16H2,1H3,(H,17,18). The second-order valence-corrected chi connectivity index (χ2v) is 7.04. The molecule has 1 amide bonds. The van der Waals surface area contributed by atoms with Gasteiger partial charge in [0, 0.05) is 41.0 Å². The predicted octanol–water partition coefficient (Wildman–Crippen LogP) is 1.91. The lowest BCUT2D eigenvalue weighted by Gasteiger charge is -2.13. The van der Waals surface area contributed by atoms with Gasteiger partial charge in [-0.05, 0) is 38.0 Å². The molecular weight excluding hydrogens is 288 g/mol. The van der Waals surface area contributed by atoms with Gasteiger partial charge < -0.3 is 15.8 Å². The fraction of sp³-hybridized carbons (Fsp3) is 0.533. The lowest BCUT2D eigenvalue weighted by Crippen LogP contribution is -2.25. The number of nitrogens with two attached hydrogens (primary N) is 1. The molecule has 116 valence electrons. The highest BCUT2D eigenvalue weighted by Crippen LogP contribution is 2.19. The first-order chi connectivity index (χ1) is 10.1. The Hall–Kier alpha value is -1.40. The molecule has 1 saturated heterocycles. The van der Waals surface area contributed by atoms with Gasteiger partial charge >= 0.3 is 0 Å². The highest BCUT2D eigenvalue weighted by molar-refractivity contribution is 7.85. The van der Waals surface area contributed by atoms with Crippen molar-refractivity contribution in [2.24, 2.45) is 0 Å². The average molecular weight is 310 g/mol. The van der Waals surface area contributed by atoms with E-state index < -0.39 is 10.8 Å². The normalized spacial score (nSPS) is 22.9. The molecule has 21 heavy (non-hydrogen) atoms. The molecule has 0 radical (unpaired) electrons. The minimum Gasteiger partial charge on any atom is -0.399 e. The topological polar surface area (TPSA) is 81.4 Å². The number of rotatable bonds is 6. The van der Waals surface area contributed by atoms with Crippen molar-refractivity contribution in [2.45, 2.75) is 37.5 Å². The van der Waals surface area contributed by atoms with Crippen LogP contribution in [-0.4, -0.2) is 33.8 Å². The molecule has 3 N–H and O–H groups in total. The van der Waals surface area contributed by atoms with Crippen LogP contribution in [-0.2, 0) is 20.3 Å². The molecule has 0 aromatic heterocycles. The van der Waals surface area contributed by atoms with E-state index in [4.69, 9.17) is 10.5 Å². The Labute approximate surface area is 127 Å². The molecule has 0 saturated carbocycles. The number of ether oxygens (including phenoxy) is 1. The van der Waals surface area contributed by atoms with Crippen LogP contribution in [0.4, 0.5) is 11.4 Å². The summed E-state index contributed by atoms with van der Waals surface area (Å²) >= 11 is 0. The highest BCUT2D eigenvalue weighted by Gasteiger charge is 2.29. The second kappa shape index (κ2) is 7.56. The molecule has 1 aromatic rings. The van der Waals surface area contributed by atoms with Crippen molar-refractivity contribution in [2.75, 3.05) is 23.4 Å². The zero-order valence-corrected chi connectivity index (χ0v) is 13.0. The van der Waals surface area contributed by atoms with Crippen LogP contribution in [0.1, 0.15) is 26.2 Å². The van der Waals surface area contributed by atoms with Gasteiger partial charge in [0.2, 0.25) is 5.91 Å². The van der Waals surface area contributed by atoms with Crippen molar-refractivity contribution in [3.63, 3.8) is 0 Å². The van der Waals surface area contributed by atoms with Gasteiger partial charge in [0.1, 0.15) is 0 Å². The van der Waals surface area contributed by atoms with Crippen molar-refractivity contribution >= 4 is 28.1 Å². The van der Waals surface area contributed by atoms with E-state index in [0.29, 0.717) is 36.6 Å². The van der Waals surface area contributed by atoms with Crippen molar-refractivity contribution in [3.05, 3.63) is 24.3 Å². The second-order valence-electron chi connectivity index (χ2n) is 5.27. The number of nitrogens with one attached hydrogen (secondary N) is 1. The monoisotopic (exact) mass is 310 g/mol. The Balaban J connectivity index is 1.71. The first-order valence-electron chi connectivity index (χ1n) is 7.20. The van der Waals surface area contributed by atoms with Crippen LogP contribution >= 0.6 is 0 Å². The maximum atomic E-state index is 12.1. The molecule has 0 aliphatic carbocycles. The first kappa shape index (κ1) is 16.0. The molecule has 0 spiro atoms. The fourth-order valence-electron chi connectivity index (χ4n) is 2.42. The Kier molecular flexibility index (Phi) is 5.76. The molecule has 1 heterocycles.